The lowest BCUT2D eigenvalue weighted by Crippen LogP contribution is -2.05. The zero-order valence-corrected chi connectivity index (χ0v) is 15.5. The average molecular weight is 376 g/mol. The number of nitrogens with zero attached hydrogens (tertiary/aromatic N) is 3. The van der Waals surface area contributed by atoms with Crippen LogP contribution in [0.2, 0.25) is 5.02 Å². The van der Waals surface area contributed by atoms with Gasteiger partial charge in [0.1, 0.15) is 6.61 Å². The highest BCUT2D eigenvalue weighted by atomic mass is 35.5. The van der Waals surface area contributed by atoms with Gasteiger partial charge < -0.3 is 14.0 Å². The molecule has 0 saturated heterocycles. The SMILES string of the molecule is COc1ccccc1OCc1nnc(SCc2ccc(Cl)cc2)n1C. The van der Waals surface area contributed by atoms with Crippen LogP contribution < -0.4 is 9.47 Å². The van der Waals surface area contributed by atoms with Gasteiger partial charge in [-0.3, -0.25) is 0 Å². The third-order valence-corrected chi connectivity index (χ3v) is 4.98. The average Bonchev–Trinajstić information content (AvgIpc) is 2.99. The molecule has 1 aromatic heterocycles. The quantitative estimate of drug-likeness (QED) is 0.574. The lowest BCUT2D eigenvalue weighted by atomic mass is 10.2. The van der Waals surface area contributed by atoms with E-state index in [9.17, 15) is 0 Å². The fourth-order valence-electron chi connectivity index (χ4n) is 2.21. The van der Waals surface area contributed by atoms with Crippen LogP contribution in [0.3, 0.4) is 0 Å². The minimum absolute atomic E-state index is 0.325. The molecule has 0 radical (unpaired) electrons. The summed E-state index contributed by atoms with van der Waals surface area (Å²) in [5, 5.41) is 10.0. The van der Waals surface area contributed by atoms with Crippen molar-refractivity contribution < 1.29 is 9.47 Å². The molecule has 0 bridgehead atoms. The Morgan fingerprint density at radius 1 is 1.04 bits per heavy atom. The summed E-state index contributed by atoms with van der Waals surface area (Å²) in [5.41, 5.74) is 1.18. The topological polar surface area (TPSA) is 49.2 Å². The highest BCUT2D eigenvalue weighted by Gasteiger charge is 2.11. The first-order valence-corrected chi connectivity index (χ1v) is 9.05. The third-order valence-electron chi connectivity index (χ3n) is 3.63. The zero-order valence-electron chi connectivity index (χ0n) is 14.0. The van der Waals surface area contributed by atoms with Crippen molar-refractivity contribution in [1.82, 2.24) is 14.8 Å². The monoisotopic (exact) mass is 375 g/mol. The van der Waals surface area contributed by atoms with Gasteiger partial charge in [0, 0.05) is 17.8 Å². The molecule has 0 atom stereocenters. The van der Waals surface area contributed by atoms with E-state index in [1.165, 1.54) is 5.56 Å². The number of aromatic nitrogens is 3. The second-order valence-electron chi connectivity index (χ2n) is 5.31. The van der Waals surface area contributed by atoms with E-state index >= 15 is 0 Å². The fraction of sp³-hybridized carbons (Fsp3) is 0.222. The number of hydrogen-bond donors (Lipinski definition) is 0. The predicted molar refractivity (Wildman–Crippen MR) is 99.3 cm³/mol. The Bertz CT molecular complexity index is 837. The van der Waals surface area contributed by atoms with Crippen molar-refractivity contribution in [3.05, 3.63) is 64.9 Å². The first kappa shape index (κ1) is 17.6. The molecule has 5 nitrogen and oxygen atoms in total. The van der Waals surface area contributed by atoms with E-state index in [4.69, 9.17) is 21.1 Å². The highest BCUT2D eigenvalue weighted by Crippen LogP contribution is 2.27. The maximum absolute atomic E-state index is 5.91. The van der Waals surface area contributed by atoms with Crippen LogP contribution in [0.1, 0.15) is 11.4 Å². The van der Waals surface area contributed by atoms with Gasteiger partial charge in [-0.2, -0.15) is 0 Å². The van der Waals surface area contributed by atoms with Crippen LogP contribution in [0.25, 0.3) is 0 Å². The van der Waals surface area contributed by atoms with Gasteiger partial charge in [0.15, 0.2) is 22.5 Å². The molecule has 7 heteroatoms. The second-order valence-corrected chi connectivity index (χ2v) is 6.69. The Morgan fingerprint density at radius 2 is 1.76 bits per heavy atom. The summed E-state index contributed by atoms with van der Waals surface area (Å²) < 4.78 is 13.0. The van der Waals surface area contributed by atoms with E-state index < -0.39 is 0 Å². The van der Waals surface area contributed by atoms with Crippen LogP contribution in [0, 0.1) is 0 Å². The lowest BCUT2D eigenvalue weighted by molar-refractivity contribution is 0.272. The van der Waals surface area contributed by atoms with E-state index in [2.05, 4.69) is 10.2 Å². The number of rotatable bonds is 7. The number of thioether (sulfide) groups is 1. The molecular formula is C18H18ClN3O2S. The maximum atomic E-state index is 5.91. The van der Waals surface area contributed by atoms with Gasteiger partial charge in [0.25, 0.3) is 0 Å². The van der Waals surface area contributed by atoms with E-state index in [0.717, 1.165) is 21.8 Å². The smallest absolute Gasteiger partial charge is 0.191 e. The van der Waals surface area contributed by atoms with Crippen LogP contribution in [0.15, 0.2) is 53.7 Å². The van der Waals surface area contributed by atoms with Crippen molar-refractivity contribution >= 4 is 23.4 Å². The number of benzene rings is 2. The Balaban J connectivity index is 1.61. The molecule has 0 aliphatic carbocycles. The van der Waals surface area contributed by atoms with E-state index in [0.29, 0.717) is 18.1 Å². The summed E-state index contributed by atoms with van der Waals surface area (Å²) in [6, 6.07) is 15.3. The normalized spacial score (nSPS) is 10.7. The van der Waals surface area contributed by atoms with Crippen LogP contribution >= 0.6 is 23.4 Å². The molecule has 0 N–H and O–H groups in total. The summed E-state index contributed by atoms with van der Waals surface area (Å²) in [4.78, 5) is 0. The Labute approximate surface area is 155 Å². The number of hydrogen-bond acceptors (Lipinski definition) is 5. The van der Waals surface area contributed by atoms with E-state index in [1.54, 1.807) is 18.9 Å². The molecule has 0 aliphatic heterocycles. The molecule has 3 aromatic rings. The summed E-state index contributed by atoms with van der Waals surface area (Å²) in [6.07, 6.45) is 0. The molecule has 1 heterocycles. The first-order chi connectivity index (χ1) is 12.2. The van der Waals surface area contributed by atoms with Gasteiger partial charge in [0.05, 0.1) is 7.11 Å². The molecule has 0 fully saturated rings. The van der Waals surface area contributed by atoms with Crippen molar-refractivity contribution in [2.24, 2.45) is 7.05 Å². The minimum atomic E-state index is 0.325. The number of halogens is 1. The van der Waals surface area contributed by atoms with Gasteiger partial charge in [-0.05, 0) is 29.8 Å². The molecule has 3 rings (SSSR count). The van der Waals surface area contributed by atoms with Crippen LogP contribution in [-0.2, 0) is 19.4 Å². The van der Waals surface area contributed by atoms with Crippen LogP contribution in [0.5, 0.6) is 11.5 Å². The van der Waals surface area contributed by atoms with Crippen molar-refractivity contribution in [2.45, 2.75) is 17.5 Å². The molecule has 0 spiro atoms. The Kier molecular flexibility index (Phi) is 5.83. The molecule has 130 valence electrons. The molecule has 0 amide bonds. The number of methoxy groups -OCH3 is 1. The second kappa shape index (κ2) is 8.27. The van der Waals surface area contributed by atoms with Crippen LogP contribution in [-0.4, -0.2) is 21.9 Å². The summed E-state index contributed by atoms with van der Waals surface area (Å²) in [6.45, 7) is 0.325. The van der Waals surface area contributed by atoms with Crippen LogP contribution in [0.4, 0.5) is 0 Å². The Hall–Kier alpha value is -2.18. The standard InChI is InChI=1S/C18H18ClN3O2S/c1-22-17(11-24-16-6-4-3-5-15(16)23-2)20-21-18(22)25-12-13-7-9-14(19)10-8-13/h3-10H,11-12H2,1-2H3. The molecular weight excluding hydrogens is 358 g/mol. The molecule has 25 heavy (non-hydrogen) atoms. The number of para-hydroxylation sites is 2. The van der Waals surface area contributed by atoms with Gasteiger partial charge in [-0.25, -0.2) is 0 Å². The van der Waals surface area contributed by atoms with Crippen molar-refractivity contribution in [2.75, 3.05) is 7.11 Å². The van der Waals surface area contributed by atoms with Crippen molar-refractivity contribution in [3.63, 3.8) is 0 Å². The van der Waals surface area contributed by atoms with Crippen molar-refractivity contribution in [3.8, 4) is 11.5 Å². The first-order valence-electron chi connectivity index (χ1n) is 7.68. The summed E-state index contributed by atoms with van der Waals surface area (Å²) >= 11 is 7.53. The third kappa shape index (κ3) is 4.46. The zero-order chi connectivity index (χ0) is 17.6. The van der Waals surface area contributed by atoms with E-state index in [-0.39, 0.29) is 0 Å². The van der Waals surface area contributed by atoms with Crippen molar-refractivity contribution in [1.29, 1.82) is 0 Å². The van der Waals surface area contributed by atoms with Gasteiger partial charge >= 0.3 is 0 Å². The lowest BCUT2D eigenvalue weighted by Gasteiger charge is -2.10. The van der Waals surface area contributed by atoms with E-state index in [1.807, 2.05) is 60.1 Å². The molecule has 0 saturated carbocycles. The maximum Gasteiger partial charge on any atom is 0.191 e. The minimum Gasteiger partial charge on any atom is -0.493 e. The molecule has 2 aromatic carbocycles. The number of ether oxygens (including phenoxy) is 2. The molecule has 0 unspecified atom stereocenters. The summed E-state index contributed by atoms with van der Waals surface area (Å²) in [5.74, 6) is 2.94. The molecule has 0 aliphatic rings. The van der Waals surface area contributed by atoms with Gasteiger partial charge in [0.2, 0.25) is 0 Å². The highest BCUT2D eigenvalue weighted by molar-refractivity contribution is 7.98. The Morgan fingerprint density at radius 3 is 2.48 bits per heavy atom. The largest absolute Gasteiger partial charge is 0.493 e. The fourth-order valence-corrected chi connectivity index (χ4v) is 3.22. The van der Waals surface area contributed by atoms with Gasteiger partial charge in [-0.15, -0.1) is 10.2 Å². The summed E-state index contributed by atoms with van der Waals surface area (Å²) in [7, 11) is 3.56. The van der Waals surface area contributed by atoms with Gasteiger partial charge in [-0.1, -0.05) is 47.6 Å². The predicted octanol–water partition coefficient (Wildman–Crippen LogP) is 4.35.